The van der Waals surface area contributed by atoms with Crippen molar-refractivity contribution in [3.63, 3.8) is 0 Å². The van der Waals surface area contributed by atoms with Crippen molar-refractivity contribution in [3.8, 4) is 11.5 Å². The molecule has 0 spiro atoms. The Hall–Kier alpha value is -3.34. The number of aromatic nitrogens is 1. The van der Waals surface area contributed by atoms with Crippen molar-refractivity contribution < 1.29 is 28.6 Å². The van der Waals surface area contributed by atoms with E-state index >= 15 is 0 Å². The lowest BCUT2D eigenvalue weighted by atomic mass is 10.2. The Bertz CT molecular complexity index is 949. The Kier molecular flexibility index (Phi) is 7.87. The molecule has 1 aromatic heterocycles. The van der Waals surface area contributed by atoms with Gasteiger partial charge in [0.1, 0.15) is 11.5 Å². The molecule has 0 saturated carbocycles. The number of ether oxygens (including phenoxy) is 3. The van der Waals surface area contributed by atoms with Gasteiger partial charge >= 0.3 is 6.09 Å². The highest BCUT2D eigenvalue weighted by molar-refractivity contribution is 7.14. The number of methoxy groups -OCH3 is 2. The number of piperazine rings is 1. The predicted octanol–water partition coefficient (Wildman–Crippen LogP) is 2.26. The van der Waals surface area contributed by atoms with Gasteiger partial charge in [0.15, 0.2) is 5.13 Å². The fourth-order valence-corrected chi connectivity index (χ4v) is 3.88. The van der Waals surface area contributed by atoms with Gasteiger partial charge in [0.2, 0.25) is 5.91 Å². The summed E-state index contributed by atoms with van der Waals surface area (Å²) in [5.74, 6) is 0.574. The monoisotopic (exact) mass is 462 g/mol. The molecule has 1 N–H and O–H groups in total. The number of carbonyl (C=O) groups excluding carboxylic acids is 3. The number of amides is 3. The number of hydrogen-bond donors (Lipinski definition) is 1. The third-order valence-electron chi connectivity index (χ3n) is 4.88. The predicted molar refractivity (Wildman–Crippen MR) is 118 cm³/mol. The van der Waals surface area contributed by atoms with E-state index in [1.54, 1.807) is 40.3 Å². The third kappa shape index (κ3) is 5.88. The van der Waals surface area contributed by atoms with Crippen molar-refractivity contribution in [2.45, 2.75) is 13.3 Å². The van der Waals surface area contributed by atoms with E-state index < -0.39 is 0 Å². The molecule has 1 fully saturated rings. The SMILES string of the molecule is CCOC(=O)N1CCN(C(=O)Cc2csc(NC(=O)c3cc(OC)cc(OC)c3)n2)CC1. The second-order valence-corrected chi connectivity index (χ2v) is 7.80. The largest absolute Gasteiger partial charge is 0.497 e. The second kappa shape index (κ2) is 10.8. The number of nitrogens with one attached hydrogen (secondary N) is 1. The molecule has 1 aliphatic heterocycles. The topological polar surface area (TPSA) is 110 Å². The van der Waals surface area contributed by atoms with Crippen LogP contribution in [0.5, 0.6) is 11.5 Å². The van der Waals surface area contributed by atoms with Crippen molar-refractivity contribution in [1.29, 1.82) is 0 Å². The average Bonchev–Trinajstić information content (AvgIpc) is 3.25. The van der Waals surface area contributed by atoms with E-state index in [0.717, 1.165) is 0 Å². The zero-order valence-corrected chi connectivity index (χ0v) is 19.1. The van der Waals surface area contributed by atoms with Gasteiger partial charge < -0.3 is 24.0 Å². The first-order valence-electron chi connectivity index (χ1n) is 10.1. The van der Waals surface area contributed by atoms with Gasteiger partial charge in [-0.1, -0.05) is 0 Å². The number of carbonyl (C=O) groups is 3. The standard InChI is InChI=1S/C21H26N4O6S/c1-4-31-21(28)25-7-5-24(6-8-25)18(26)11-15-13-32-20(22-15)23-19(27)14-9-16(29-2)12-17(10-14)30-3/h9-10,12-13H,4-8,11H2,1-3H3,(H,22,23,27). The number of anilines is 1. The molecule has 3 amide bonds. The first-order valence-corrected chi connectivity index (χ1v) is 11.0. The average molecular weight is 463 g/mol. The van der Waals surface area contributed by atoms with Crippen molar-refractivity contribution >= 4 is 34.4 Å². The number of thiazole rings is 1. The Labute approximate surface area is 190 Å². The Balaban J connectivity index is 1.54. The molecule has 1 aliphatic rings. The van der Waals surface area contributed by atoms with E-state index in [4.69, 9.17) is 14.2 Å². The summed E-state index contributed by atoms with van der Waals surface area (Å²) in [7, 11) is 3.02. The Morgan fingerprint density at radius 1 is 1.03 bits per heavy atom. The second-order valence-electron chi connectivity index (χ2n) is 6.94. The van der Waals surface area contributed by atoms with Gasteiger partial charge in [-0.05, 0) is 19.1 Å². The van der Waals surface area contributed by atoms with E-state index in [-0.39, 0.29) is 24.3 Å². The molecule has 1 aromatic carbocycles. The van der Waals surface area contributed by atoms with E-state index in [9.17, 15) is 14.4 Å². The van der Waals surface area contributed by atoms with Crippen LogP contribution in [0, 0.1) is 0 Å². The van der Waals surface area contributed by atoms with Gasteiger partial charge in [-0.2, -0.15) is 0 Å². The number of benzene rings is 1. The summed E-state index contributed by atoms with van der Waals surface area (Å²) in [6.07, 6.45) is -0.230. The zero-order chi connectivity index (χ0) is 23.1. The van der Waals surface area contributed by atoms with Crippen LogP contribution in [0.2, 0.25) is 0 Å². The number of rotatable bonds is 7. The molecule has 0 bridgehead atoms. The van der Waals surface area contributed by atoms with Crippen LogP contribution in [0.3, 0.4) is 0 Å². The van der Waals surface area contributed by atoms with E-state index in [1.165, 1.54) is 25.6 Å². The highest BCUT2D eigenvalue weighted by Gasteiger charge is 2.25. The fraction of sp³-hybridized carbons (Fsp3) is 0.429. The summed E-state index contributed by atoms with van der Waals surface area (Å²) in [5.41, 5.74) is 0.944. The number of hydrogen-bond acceptors (Lipinski definition) is 8. The molecule has 11 heteroatoms. The van der Waals surface area contributed by atoms with Crippen LogP contribution in [-0.2, 0) is 16.0 Å². The van der Waals surface area contributed by atoms with Crippen molar-refractivity contribution in [2.24, 2.45) is 0 Å². The van der Waals surface area contributed by atoms with Crippen LogP contribution in [-0.4, -0.2) is 79.7 Å². The molecular weight excluding hydrogens is 436 g/mol. The summed E-state index contributed by atoms with van der Waals surface area (Å²) in [6, 6.07) is 4.88. The highest BCUT2D eigenvalue weighted by atomic mass is 32.1. The fourth-order valence-electron chi connectivity index (χ4n) is 3.17. The van der Waals surface area contributed by atoms with Crippen molar-refractivity contribution in [1.82, 2.24) is 14.8 Å². The minimum Gasteiger partial charge on any atom is -0.497 e. The quantitative estimate of drug-likeness (QED) is 0.672. The lowest BCUT2D eigenvalue weighted by molar-refractivity contribution is -0.132. The summed E-state index contributed by atoms with van der Waals surface area (Å²) < 4.78 is 15.4. The molecule has 0 unspecified atom stereocenters. The van der Waals surface area contributed by atoms with Crippen LogP contribution >= 0.6 is 11.3 Å². The summed E-state index contributed by atoms with van der Waals surface area (Å²) >= 11 is 1.25. The smallest absolute Gasteiger partial charge is 0.409 e. The van der Waals surface area contributed by atoms with Gasteiger partial charge in [0.05, 0.1) is 32.9 Å². The molecule has 2 aromatic rings. The van der Waals surface area contributed by atoms with Gasteiger partial charge in [-0.3, -0.25) is 14.9 Å². The molecule has 172 valence electrons. The molecule has 10 nitrogen and oxygen atoms in total. The number of nitrogens with zero attached hydrogens (tertiary/aromatic N) is 3. The molecule has 2 heterocycles. The lowest BCUT2D eigenvalue weighted by Crippen LogP contribution is -2.51. The van der Waals surface area contributed by atoms with Gasteiger partial charge in [-0.25, -0.2) is 9.78 Å². The maximum absolute atomic E-state index is 12.6. The van der Waals surface area contributed by atoms with Crippen LogP contribution in [0.4, 0.5) is 9.93 Å². The molecule has 1 saturated heterocycles. The highest BCUT2D eigenvalue weighted by Crippen LogP contribution is 2.24. The summed E-state index contributed by atoms with van der Waals surface area (Å²) in [4.78, 5) is 44.6. The van der Waals surface area contributed by atoms with Crippen molar-refractivity contribution in [3.05, 3.63) is 34.8 Å². The van der Waals surface area contributed by atoms with Crippen LogP contribution in [0.25, 0.3) is 0 Å². The molecule has 0 aliphatic carbocycles. The Morgan fingerprint density at radius 3 is 2.25 bits per heavy atom. The summed E-state index contributed by atoms with van der Waals surface area (Å²) in [5, 5.41) is 4.88. The normalized spacial score (nSPS) is 13.5. The lowest BCUT2D eigenvalue weighted by Gasteiger charge is -2.34. The molecule has 0 atom stereocenters. The first kappa shape index (κ1) is 23.3. The minimum atomic E-state index is -0.357. The van der Waals surface area contributed by atoms with Gasteiger partial charge in [0.25, 0.3) is 5.91 Å². The van der Waals surface area contributed by atoms with Crippen LogP contribution in [0.15, 0.2) is 23.6 Å². The maximum Gasteiger partial charge on any atom is 0.409 e. The van der Waals surface area contributed by atoms with E-state index in [2.05, 4.69) is 10.3 Å². The molecule has 32 heavy (non-hydrogen) atoms. The van der Waals surface area contributed by atoms with Gasteiger partial charge in [-0.15, -0.1) is 11.3 Å². The third-order valence-corrected chi connectivity index (χ3v) is 5.68. The maximum atomic E-state index is 12.6. The Morgan fingerprint density at radius 2 is 1.66 bits per heavy atom. The van der Waals surface area contributed by atoms with Crippen LogP contribution in [0.1, 0.15) is 23.0 Å². The molecule has 0 radical (unpaired) electrons. The van der Waals surface area contributed by atoms with E-state index in [1.807, 2.05) is 0 Å². The first-order chi connectivity index (χ1) is 15.4. The molecular formula is C21H26N4O6S. The minimum absolute atomic E-state index is 0.0748. The van der Waals surface area contributed by atoms with Crippen molar-refractivity contribution in [2.75, 3.05) is 52.3 Å². The van der Waals surface area contributed by atoms with Crippen LogP contribution < -0.4 is 14.8 Å². The van der Waals surface area contributed by atoms with Gasteiger partial charge in [0, 0.05) is 43.2 Å². The van der Waals surface area contributed by atoms with E-state index in [0.29, 0.717) is 60.7 Å². The molecule has 3 rings (SSSR count). The summed E-state index contributed by atoms with van der Waals surface area (Å²) in [6.45, 7) is 3.85. The zero-order valence-electron chi connectivity index (χ0n) is 18.3.